The monoisotopic (exact) mass is 200 g/mol. The highest BCUT2D eigenvalue weighted by atomic mass is 16.2. The van der Waals surface area contributed by atoms with E-state index in [1.165, 1.54) is 0 Å². The van der Waals surface area contributed by atoms with Crippen LogP contribution in [0.4, 0.5) is 4.79 Å². The number of likely N-dealkylation sites (tertiary alicyclic amines) is 1. The second-order valence-corrected chi connectivity index (χ2v) is 3.57. The lowest BCUT2D eigenvalue weighted by molar-refractivity contribution is -0.124. The summed E-state index contributed by atoms with van der Waals surface area (Å²) in [6.07, 6.45) is 0.883. The number of carbonyl (C=O) groups excluding carboxylic acids is 2. The number of carbonyl (C=O) groups is 2. The van der Waals surface area contributed by atoms with Crippen molar-refractivity contribution in [3.05, 3.63) is 0 Å². The van der Waals surface area contributed by atoms with Crippen LogP contribution in [-0.4, -0.2) is 42.0 Å². The van der Waals surface area contributed by atoms with Crippen molar-refractivity contribution < 1.29 is 9.59 Å². The van der Waals surface area contributed by atoms with Gasteiger partial charge in [0.25, 0.3) is 0 Å². The predicted molar refractivity (Wildman–Crippen MR) is 51.4 cm³/mol. The molecule has 1 aliphatic rings. The summed E-state index contributed by atoms with van der Waals surface area (Å²) >= 11 is 0. The van der Waals surface area contributed by atoms with E-state index in [2.05, 4.69) is 5.32 Å². The van der Waals surface area contributed by atoms with Crippen LogP contribution in [0.25, 0.3) is 0 Å². The molecule has 0 aromatic carbocycles. The molecule has 0 bridgehead atoms. The van der Waals surface area contributed by atoms with Gasteiger partial charge in [0.1, 0.15) is 0 Å². The lowest BCUT2D eigenvalue weighted by atomic mass is 10.3. The number of hydrogen-bond donors (Lipinski definition) is 3. The molecule has 2 unspecified atom stereocenters. The number of nitrogens with one attached hydrogen (secondary N) is 1. The van der Waals surface area contributed by atoms with Crippen LogP contribution >= 0.6 is 0 Å². The third-order valence-electron chi connectivity index (χ3n) is 2.43. The fraction of sp³-hybridized carbons (Fsp3) is 0.750. The van der Waals surface area contributed by atoms with E-state index in [0.29, 0.717) is 6.54 Å². The smallest absolute Gasteiger partial charge is 0.318 e. The van der Waals surface area contributed by atoms with Crippen molar-refractivity contribution in [3.8, 4) is 0 Å². The highest BCUT2D eigenvalue weighted by Gasteiger charge is 2.27. The molecule has 5 N–H and O–H groups in total. The van der Waals surface area contributed by atoms with Crippen molar-refractivity contribution in [2.45, 2.75) is 25.4 Å². The average Bonchev–Trinajstić information content (AvgIpc) is 2.49. The Morgan fingerprint density at radius 2 is 2.21 bits per heavy atom. The molecule has 0 aromatic heterocycles. The van der Waals surface area contributed by atoms with Crippen LogP contribution in [0, 0.1) is 0 Å². The van der Waals surface area contributed by atoms with E-state index in [1.807, 2.05) is 4.90 Å². The Morgan fingerprint density at radius 3 is 2.64 bits per heavy atom. The maximum absolute atomic E-state index is 11.4. The number of nitrogens with two attached hydrogens (primary N) is 2. The van der Waals surface area contributed by atoms with E-state index < -0.39 is 6.03 Å². The number of primary amides is 1. The van der Waals surface area contributed by atoms with E-state index in [9.17, 15) is 9.59 Å². The molecule has 80 valence electrons. The van der Waals surface area contributed by atoms with Crippen LogP contribution in [0.1, 0.15) is 13.3 Å². The Morgan fingerprint density at radius 1 is 1.57 bits per heavy atom. The summed E-state index contributed by atoms with van der Waals surface area (Å²) in [7, 11) is 0. The largest absolute Gasteiger partial charge is 0.351 e. The summed E-state index contributed by atoms with van der Waals surface area (Å²) in [5.74, 6) is -0.369. The van der Waals surface area contributed by atoms with Gasteiger partial charge in [-0.1, -0.05) is 0 Å². The Labute approximate surface area is 82.6 Å². The van der Waals surface area contributed by atoms with Gasteiger partial charge in [-0.25, -0.2) is 4.79 Å². The Balaban J connectivity index is 2.44. The topological polar surface area (TPSA) is 101 Å². The van der Waals surface area contributed by atoms with E-state index in [1.54, 1.807) is 6.92 Å². The Hall–Kier alpha value is -1.14. The van der Waals surface area contributed by atoms with Crippen LogP contribution in [0.3, 0.4) is 0 Å². The second-order valence-electron chi connectivity index (χ2n) is 3.57. The van der Waals surface area contributed by atoms with Crippen LogP contribution in [-0.2, 0) is 4.79 Å². The van der Waals surface area contributed by atoms with Crippen molar-refractivity contribution in [1.82, 2.24) is 10.2 Å². The molecular weight excluding hydrogens is 184 g/mol. The van der Waals surface area contributed by atoms with Crippen molar-refractivity contribution in [3.63, 3.8) is 0 Å². The first-order valence-corrected chi connectivity index (χ1v) is 4.60. The van der Waals surface area contributed by atoms with Gasteiger partial charge in [0.05, 0.1) is 6.04 Å². The fourth-order valence-electron chi connectivity index (χ4n) is 1.56. The lowest BCUT2D eigenvalue weighted by Gasteiger charge is -2.22. The van der Waals surface area contributed by atoms with Gasteiger partial charge in [-0.05, 0) is 13.3 Å². The number of nitrogens with zero attached hydrogens (tertiary/aromatic N) is 1. The molecule has 1 heterocycles. The number of hydrogen-bond acceptors (Lipinski definition) is 4. The molecule has 0 spiro atoms. The first-order valence-electron chi connectivity index (χ1n) is 4.60. The fourth-order valence-corrected chi connectivity index (χ4v) is 1.56. The Kier molecular flexibility index (Phi) is 3.43. The molecule has 3 amide bonds. The second kappa shape index (κ2) is 4.39. The van der Waals surface area contributed by atoms with Gasteiger partial charge in [-0.3, -0.25) is 15.0 Å². The number of rotatable bonds is 2. The minimum Gasteiger partial charge on any atom is -0.351 e. The van der Waals surface area contributed by atoms with Crippen LogP contribution < -0.4 is 16.8 Å². The zero-order valence-electron chi connectivity index (χ0n) is 8.19. The van der Waals surface area contributed by atoms with E-state index in [0.717, 1.165) is 13.0 Å². The maximum Gasteiger partial charge on any atom is 0.318 e. The molecule has 14 heavy (non-hydrogen) atoms. The first-order chi connectivity index (χ1) is 6.50. The lowest BCUT2D eigenvalue weighted by Crippen LogP contribution is -2.48. The molecule has 0 saturated carbocycles. The number of imide groups is 1. The molecule has 1 fully saturated rings. The third kappa shape index (κ3) is 2.68. The molecule has 0 radical (unpaired) electrons. The van der Waals surface area contributed by atoms with Crippen molar-refractivity contribution >= 4 is 11.9 Å². The molecule has 6 heteroatoms. The summed E-state index contributed by atoms with van der Waals surface area (Å²) in [5, 5.41) is 2.05. The van der Waals surface area contributed by atoms with Gasteiger partial charge in [0, 0.05) is 19.1 Å². The van der Waals surface area contributed by atoms with Crippen LogP contribution in [0.15, 0.2) is 0 Å². The predicted octanol–water partition coefficient (Wildman–Crippen LogP) is -1.40. The highest BCUT2D eigenvalue weighted by molar-refractivity contribution is 5.96. The molecule has 6 nitrogen and oxygen atoms in total. The number of urea groups is 1. The van der Waals surface area contributed by atoms with Crippen molar-refractivity contribution in [2.24, 2.45) is 11.5 Å². The van der Waals surface area contributed by atoms with E-state index >= 15 is 0 Å². The Bertz CT molecular complexity index is 243. The molecule has 2 atom stereocenters. The average molecular weight is 200 g/mol. The first kappa shape index (κ1) is 10.9. The maximum atomic E-state index is 11.4. The summed E-state index contributed by atoms with van der Waals surface area (Å²) in [6, 6.07) is -1.04. The van der Waals surface area contributed by atoms with E-state index in [-0.39, 0.29) is 18.0 Å². The van der Waals surface area contributed by atoms with Crippen molar-refractivity contribution in [1.29, 1.82) is 0 Å². The summed E-state index contributed by atoms with van der Waals surface area (Å²) < 4.78 is 0. The van der Waals surface area contributed by atoms with Crippen LogP contribution in [0.5, 0.6) is 0 Å². The summed E-state index contributed by atoms with van der Waals surface area (Å²) in [4.78, 5) is 23.7. The molecule has 0 aromatic rings. The van der Waals surface area contributed by atoms with Gasteiger partial charge in [-0.15, -0.1) is 0 Å². The molecule has 1 rings (SSSR count). The normalized spacial score (nSPS) is 24.6. The summed E-state index contributed by atoms with van der Waals surface area (Å²) in [6.45, 7) is 3.21. The van der Waals surface area contributed by atoms with Crippen molar-refractivity contribution in [2.75, 3.05) is 13.1 Å². The van der Waals surface area contributed by atoms with Crippen LogP contribution in [0.2, 0.25) is 0 Å². The third-order valence-corrected chi connectivity index (χ3v) is 2.43. The SMILES string of the molecule is CC(C(=O)NC(N)=O)N1CCC(N)C1. The molecule has 1 aliphatic heterocycles. The molecule has 0 aliphatic carbocycles. The minimum absolute atomic E-state index is 0.124. The highest BCUT2D eigenvalue weighted by Crippen LogP contribution is 2.10. The minimum atomic E-state index is -0.814. The standard InChI is InChI=1S/C8H16N4O2/c1-5(7(13)11-8(10)14)12-3-2-6(9)4-12/h5-6H,2-4,9H2,1H3,(H3,10,11,13,14). The number of amides is 3. The van der Waals surface area contributed by atoms with Gasteiger partial charge in [0.15, 0.2) is 0 Å². The molecule has 1 saturated heterocycles. The van der Waals surface area contributed by atoms with Gasteiger partial charge >= 0.3 is 6.03 Å². The summed E-state index contributed by atoms with van der Waals surface area (Å²) in [5.41, 5.74) is 10.5. The van der Waals surface area contributed by atoms with Gasteiger partial charge in [-0.2, -0.15) is 0 Å². The quantitative estimate of drug-likeness (QED) is 0.510. The zero-order valence-corrected chi connectivity index (χ0v) is 8.19. The van der Waals surface area contributed by atoms with Gasteiger partial charge in [0.2, 0.25) is 5.91 Å². The van der Waals surface area contributed by atoms with Gasteiger partial charge < -0.3 is 11.5 Å². The zero-order chi connectivity index (χ0) is 10.7. The molecular formula is C8H16N4O2. The van der Waals surface area contributed by atoms with E-state index in [4.69, 9.17) is 11.5 Å².